The Morgan fingerprint density at radius 3 is 2.58 bits per heavy atom. The fraction of sp³-hybridized carbons (Fsp3) is 0.308. The summed E-state index contributed by atoms with van der Waals surface area (Å²) in [4.78, 5) is 18.5. The predicted octanol–water partition coefficient (Wildman–Crippen LogP) is 4.64. The van der Waals surface area contributed by atoms with Crippen molar-refractivity contribution >= 4 is 17.1 Å². The SMILES string of the molecule is NCC1=CC2CC(c3ccc(C(=O)N4CCC(F)(F)CC4)cc3)=CC(c3cccnc3)=C2O1. The third kappa shape index (κ3) is 4.33. The Morgan fingerprint density at radius 2 is 1.91 bits per heavy atom. The first-order valence-electron chi connectivity index (χ1n) is 11.1. The highest BCUT2D eigenvalue weighted by molar-refractivity contribution is 5.95. The lowest BCUT2D eigenvalue weighted by molar-refractivity contribution is -0.0494. The van der Waals surface area contributed by atoms with Gasteiger partial charge in [-0.3, -0.25) is 9.78 Å². The number of allylic oxidation sites excluding steroid dienone is 4. The summed E-state index contributed by atoms with van der Waals surface area (Å²) in [5, 5.41) is 0. The second-order valence-corrected chi connectivity index (χ2v) is 8.66. The van der Waals surface area contributed by atoms with Gasteiger partial charge in [-0.15, -0.1) is 0 Å². The van der Waals surface area contributed by atoms with Crippen LogP contribution in [0.15, 0.2) is 72.5 Å². The van der Waals surface area contributed by atoms with E-state index >= 15 is 0 Å². The first-order valence-corrected chi connectivity index (χ1v) is 11.1. The standard InChI is InChI=1S/C26H25F2N3O2/c27-26(28)7-10-31(11-8-26)25(32)18-5-3-17(4-6-18)20-12-21-13-22(15-29)33-24(21)23(14-20)19-2-1-9-30-16-19/h1-6,9,13-14,16,21H,7-8,10-12,15,29H2. The summed E-state index contributed by atoms with van der Waals surface area (Å²) < 4.78 is 32.9. The van der Waals surface area contributed by atoms with Gasteiger partial charge in [-0.25, -0.2) is 8.78 Å². The minimum atomic E-state index is -2.67. The van der Waals surface area contributed by atoms with E-state index in [1.54, 1.807) is 18.3 Å². The van der Waals surface area contributed by atoms with Crippen LogP contribution >= 0.6 is 0 Å². The molecule has 1 aliphatic carbocycles. The molecule has 5 rings (SSSR count). The number of piperidine rings is 1. The third-order valence-corrected chi connectivity index (χ3v) is 6.45. The van der Waals surface area contributed by atoms with Crippen LogP contribution in [0.3, 0.4) is 0 Å². The molecule has 170 valence electrons. The van der Waals surface area contributed by atoms with Crippen LogP contribution in [0.25, 0.3) is 11.1 Å². The van der Waals surface area contributed by atoms with Crippen LogP contribution in [0, 0.1) is 5.92 Å². The Balaban J connectivity index is 1.40. The number of alkyl halides is 2. The summed E-state index contributed by atoms with van der Waals surface area (Å²) in [5.74, 6) is -1.13. The van der Waals surface area contributed by atoms with Gasteiger partial charge in [0.15, 0.2) is 0 Å². The molecule has 1 amide bonds. The number of nitrogens with zero attached hydrogens (tertiary/aromatic N) is 2. The second-order valence-electron chi connectivity index (χ2n) is 8.66. The van der Waals surface area contributed by atoms with E-state index in [1.807, 2.05) is 30.5 Å². The molecular formula is C26H25F2N3O2. The van der Waals surface area contributed by atoms with Crippen molar-refractivity contribution in [1.29, 1.82) is 0 Å². The summed E-state index contributed by atoms with van der Waals surface area (Å²) in [7, 11) is 0. The number of pyridine rings is 1. The van der Waals surface area contributed by atoms with Crippen molar-refractivity contribution in [2.45, 2.75) is 25.2 Å². The summed E-state index contributed by atoms with van der Waals surface area (Å²) in [6, 6.07) is 11.3. The summed E-state index contributed by atoms with van der Waals surface area (Å²) >= 11 is 0. The van der Waals surface area contributed by atoms with Crippen molar-refractivity contribution in [3.8, 4) is 0 Å². The maximum atomic E-state index is 13.4. The summed E-state index contributed by atoms with van der Waals surface area (Å²) in [5.41, 5.74) is 10.4. The lowest BCUT2D eigenvalue weighted by Gasteiger charge is -2.31. The van der Waals surface area contributed by atoms with E-state index in [4.69, 9.17) is 10.5 Å². The highest BCUT2D eigenvalue weighted by atomic mass is 19.3. The number of likely N-dealkylation sites (tertiary alicyclic amines) is 1. The quantitative estimate of drug-likeness (QED) is 0.738. The molecule has 2 N–H and O–H groups in total. The Bertz CT molecular complexity index is 1140. The monoisotopic (exact) mass is 449 g/mol. The molecule has 3 heterocycles. The Labute approximate surface area is 191 Å². The number of rotatable bonds is 4. The number of ether oxygens (including phenoxy) is 1. The van der Waals surface area contributed by atoms with E-state index < -0.39 is 5.92 Å². The molecule has 0 radical (unpaired) electrons. The van der Waals surface area contributed by atoms with Crippen LogP contribution in [-0.2, 0) is 4.74 Å². The molecule has 2 aromatic rings. The molecule has 1 atom stereocenters. The van der Waals surface area contributed by atoms with Gasteiger partial charge in [0.2, 0.25) is 0 Å². The molecule has 7 heteroatoms. The van der Waals surface area contributed by atoms with Gasteiger partial charge in [0, 0.05) is 60.9 Å². The molecule has 1 aromatic carbocycles. The summed E-state index contributed by atoms with van der Waals surface area (Å²) in [6.45, 7) is 0.505. The molecule has 1 unspecified atom stereocenters. The summed E-state index contributed by atoms with van der Waals surface area (Å²) in [6.07, 6.45) is 7.93. The molecule has 0 spiro atoms. The lowest BCUT2D eigenvalue weighted by Crippen LogP contribution is -2.42. The molecule has 1 aromatic heterocycles. The third-order valence-electron chi connectivity index (χ3n) is 6.45. The van der Waals surface area contributed by atoms with Crippen molar-refractivity contribution < 1.29 is 18.3 Å². The molecular weight excluding hydrogens is 424 g/mol. The fourth-order valence-electron chi connectivity index (χ4n) is 4.60. The van der Waals surface area contributed by atoms with Crippen LogP contribution < -0.4 is 5.73 Å². The van der Waals surface area contributed by atoms with Gasteiger partial charge < -0.3 is 15.4 Å². The molecule has 3 aliphatic rings. The first-order chi connectivity index (χ1) is 15.9. The minimum Gasteiger partial charge on any atom is -0.464 e. The largest absolute Gasteiger partial charge is 0.464 e. The highest BCUT2D eigenvalue weighted by Gasteiger charge is 2.36. The van der Waals surface area contributed by atoms with Crippen LogP contribution in [0.5, 0.6) is 0 Å². The minimum absolute atomic E-state index is 0.0816. The molecule has 33 heavy (non-hydrogen) atoms. The number of amides is 1. The molecule has 1 saturated heterocycles. The molecule has 2 aliphatic heterocycles. The zero-order valence-corrected chi connectivity index (χ0v) is 18.1. The number of hydrogen-bond donors (Lipinski definition) is 1. The van der Waals surface area contributed by atoms with Crippen LogP contribution in [0.1, 0.15) is 40.7 Å². The highest BCUT2D eigenvalue weighted by Crippen LogP contribution is 2.44. The molecule has 1 fully saturated rings. The Morgan fingerprint density at radius 1 is 1.15 bits per heavy atom. The first kappa shape index (κ1) is 21.5. The van der Waals surface area contributed by atoms with Gasteiger partial charge in [-0.05, 0) is 47.9 Å². The lowest BCUT2D eigenvalue weighted by atomic mass is 9.83. The number of benzene rings is 1. The number of nitrogens with two attached hydrogens (primary N) is 1. The van der Waals surface area contributed by atoms with Gasteiger partial charge in [0.1, 0.15) is 11.5 Å². The zero-order valence-electron chi connectivity index (χ0n) is 18.1. The Hall–Kier alpha value is -3.32. The number of aromatic nitrogens is 1. The van der Waals surface area contributed by atoms with E-state index in [-0.39, 0.29) is 37.8 Å². The Kier molecular flexibility index (Phi) is 5.58. The van der Waals surface area contributed by atoms with Crippen molar-refractivity contribution in [3.63, 3.8) is 0 Å². The number of carbonyl (C=O) groups excluding carboxylic acids is 1. The average molecular weight is 450 g/mol. The van der Waals surface area contributed by atoms with Crippen molar-refractivity contribution in [3.05, 3.63) is 89.2 Å². The van der Waals surface area contributed by atoms with Gasteiger partial charge in [-0.1, -0.05) is 18.2 Å². The van der Waals surface area contributed by atoms with Crippen LogP contribution in [0.2, 0.25) is 0 Å². The van der Waals surface area contributed by atoms with Crippen molar-refractivity contribution in [1.82, 2.24) is 9.88 Å². The van der Waals surface area contributed by atoms with Crippen LogP contribution in [0.4, 0.5) is 8.78 Å². The van der Waals surface area contributed by atoms with E-state index in [0.717, 1.165) is 40.2 Å². The number of carbonyl (C=O) groups is 1. The fourth-order valence-corrected chi connectivity index (χ4v) is 4.60. The van der Waals surface area contributed by atoms with E-state index in [1.165, 1.54) is 4.90 Å². The molecule has 0 saturated carbocycles. The van der Waals surface area contributed by atoms with E-state index in [9.17, 15) is 13.6 Å². The van der Waals surface area contributed by atoms with Crippen LogP contribution in [-0.4, -0.2) is 41.3 Å². The average Bonchev–Trinajstić information content (AvgIpc) is 3.27. The zero-order chi connectivity index (χ0) is 23.0. The molecule has 0 bridgehead atoms. The topological polar surface area (TPSA) is 68.5 Å². The van der Waals surface area contributed by atoms with Gasteiger partial charge in [0.25, 0.3) is 11.8 Å². The maximum absolute atomic E-state index is 13.4. The van der Waals surface area contributed by atoms with E-state index in [2.05, 4.69) is 17.1 Å². The smallest absolute Gasteiger partial charge is 0.253 e. The molecule has 5 nitrogen and oxygen atoms in total. The number of halogens is 2. The van der Waals surface area contributed by atoms with Gasteiger partial charge in [-0.2, -0.15) is 0 Å². The van der Waals surface area contributed by atoms with Crippen molar-refractivity contribution in [2.75, 3.05) is 19.6 Å². The normalized spacial score (nSPS) is 21.8. The van der Waals surface area contributed by atoms with Gasteiger partial charge in [0.05, 0.1) is 6.54 Å². The number of hydrogen-bond acceptors (Lipinski definition) is 4. The van der Waals surface area contributed by atoms with E-state index in [0.29, 0.717) is 12.1 Å². The van der Waals surface area contributed by atoms with Gasteiger partial charge >= 0.3 is 0 Å². The number of fused-ring (bicyclic) bond motifs is 1. The second kappa shape index (κ2) is 8.56. The van der Waals surface area contributed by atoms with Crippen molar-refractivity contribution in [2.24, 2.45) is 11.7 Å². The maximum Gasteiger partial charge on any atom is 0.253 e. The predicted molar refractivity (Wildman–Crippen MR) is 122 cm³/mol.